The number of rotatable bonds is 5. The van der Waals surface area contributed by atoms with Gasteiger partial charge in [0, 0.05) is 30.1 Å². The van der Waals surface area contributed by atoms with Gasteiger partial charge in [0.25, 0.3) is 5.69 Å². The summed E-state index contributed by atoms with van der Waals surface area (Å²) in [6, 6.07) is 15.6. The Morgan fingerprint density at radius 1 is 1.14 bits per heavy atom. The molecule has 1 aliphatic rings. The number of nitro groups is 1. The summed E-state index contributed by atoms with van der Waals surface area (Å²) in [5, 5.41) is 10.9. The second-order valence-electron chi connectivity index (χ2n) is 6.25. The fourth-order valence-corrected chi connectivity index (χ4v) is 3.05. The number of cyclic esters (lactones) is 1. The maximum Gasteiger partial charge on any atom is 0.415 e. The van der Waals surface area contributed by atoms with E-state index in [0.717, 1.165) is 11.8 Å². The lowest BCUT2D eigenvalue weighted by molar-refractivity contribution is -0.385. The quantitative estimate of drug-likeness (QED) is 0.488. The number of pyridine rings is 2. The van der Waals surface area contributed by atoms with Crippen LogP contribution in [0.2, 0.25) is 0 Å². The Kier molecular flexibility index (Phi) is 4.98. The predicted octanol–water partition coefficient (Wildman–Crippen LogP) is 3.77. The molecule has 1 atom stereocenters. The molecule has 143 valence electrons. The first-order valence-electron chi connectivity index (χ1n) is 8.79. The molecule has 0 spiro atoms. The summed E-state index contributed by atoms with van der Waals surface area (Å²) in [7, 11) is 0. The van der Waals surface area contributed by atoms with E-state index in [2.05, 4.69) is 16.0 Å². The summed E-state index contributed by atoms with van der Waals surface area (Å²) in [4.78, 5) is 32.7. The van der Waals surface area contributed by atoms with E-state index < -0.39 is 11.0 Å². The molecule has 8 nitrogen and oxygen atoms in total. The molecule has 8 heteroatoms. The number of benzene rings is 1. The van der Waals surface area contributed by atoms with Crippen molar-refractivity contribution in [3.05, 3.63) is 106 Å². The van der Waals surface area contributed by atoms with Crippen LogP contribution in [0.3, 0.4) is 0 Å². The number of hydrogen-bond donors (Lipinski definition) is 0. The van der Waals surface area contributed by atoms with Gasteiger partial charge in [-0.1, -0.05) is 30.3 Å². The molecular weight excluding hydrogens is 372 g/mol. The van der Waals surface area contributed by atoms with Crippen molar-refractivity contribution in [1.82, 2.24) is 14.9 Å². The SMILES string of the molecule is O=C1OC[C@@H](c2ccccc2)N1C(=[C]c1ccc([N+](=O)[O-])cn1)c1cccnc1. The molecule has 1 amide bonds. The summed E-state index contributed by atoms with van der Waals surface area (Å²) in [5.41, 5.74) is 2.21. The van der Waals surface area contributed by atoms with Gasteiger partial charge in [0.1, 0.15) is 12.8 Å². The zero-order valence-electron chi connectivity index (χ0n) is 15.1. The third kappa shape index (κ3) is 3.81. The highest BCUT2D eigenvalue weighted by Crippen LogP contribution is 2.35. The molecule has 0 aliphatic carbocycles. The largest absolute Gasteiger partial charge is 0.447 e. The fourth-order valence-electron chi connectivity index (χ4n) is 3.05. The highest BCUT2D eigenvalue weighted by atomic mass is 16.6. The lowest BCUT2D eigenvalue weighted by Gasteiger charge is -2.24. The van der Waals surface area contributed by atoms with Crippen molar-refractivity contribution >= 4 is 17.5 Å². The minimum absolute atomic E-state index is 0.124. The lowest BCUT2D eigenvalue weighted by Crippen LogP contribution is -2.26. The Morgan fingerprint density at radius 3 is 2.62 bits per heavy atom. The summed E-state index contributed by atoms with van der Waals surface area (Å²) >= 11 is 0. The van der Waals surface area contributed by atoms with Crippen LogP contribution in [0.25, 0.3) is 5.70 Å². The Labute approximate surface area is 166 Å². The molecule has 4 rings (SSSR count). The van der Waals surface area contributed by atoms with Crippen molar-refractivity contribution in [1.29, 1.82) is 0 Å². The van der Waals surface area contributed by atoms with Crippen LogP contribution in [-0.2, 0) is 4.74 Å². The zero-order valence-corrected chi connectivity index (χ0v) is 15.1. The molecule has 0 unspecified atom stereocenters. The molecular formula is C21H15N4O4. The molecule has 29 heavy (non-hydrogen) atoms. The van der Waals surface area contributed by atoms with Gasteiger partial charge in [0.05, 0.1) is 22.4 Å². The minimum Gasteiger partial charge on any atom is -0.447 e. The van der Waals surface area contributed by atoms with E-state index in [4.69, 9.17) is 4.74 Å². The lowest BCUT2D eigenvalue weighted by atomic mass is 10.0. The summed E-state index contributed by atoms with van der Waals surface area (Å²) in [5.74, 6) is 0. The van der Waals surface area contributed by atoms with Gasteiger partial charge in [0.2, 0.25) is 0 Å². The zero-order chi connectivity index (χ0) is 20.2. The smallest absolute Gasteiger partial charge is 0.415 e. The molecule has 1 aromatic carbocycles. The molecule has 1 saturated heterocycles. The highest BCUT2D eigenvalue weighted by molar-refractivity contribution is 5.84. The van der Waals surface area contributed by atoms with Gasteiger partial charge < -0.3 is 4.74 Å². The first-order valence-corrected chi connectivity index (χ1v) is 8.79. The molecule has 1 radical (unpaired) electrons. The number of amides is 1. The molecule has 3 heterocycles. The van der Waals surface area contributed by atoms with Gasteiger partial charge in [-0.2, -0.15) is 0 Å². The van der Waals surface area contributed by atoms with Crippen LogP contribution in [0, 0.1) is 16.2 Å². The first-order chi connectivity index (χ1) is 14.1. The Bertz CT molecular complexity index is 1050. The van der Waals surface area contributed by atoms with Crippen LogP contribution in [0.15, 0.2) is 73.2 Å². The first kappa shape index (κ1) is 18.3. The van der Waals surface area contributed by atoms with E-state index in [1.54, 1.807) is 24.5 Å². The van der Waals surface area contributed by atoms with Gasteiger partial charge in [-0.3, -0.25) is 20.0 Å². The normalized spacial score (nSPS) is 16.6. The monoisotopic (exact) mass is 387 g/mol. The minimum atomic E-state index is -0.522. The van der Waals surface area contributed by atoms with E-state index in [0.29, 0.717) is 17.0 Å². The molecule has 3 aromatic rings. The number of carbonyl (C=O) groups is 1. The Balaban J connectivity index is 1.80. The number of nitrogens with zero attached hydrogens (tertiary/aromatic N) is 4. The summed E-state index contributed by atoms with van der Waals surface area (Å²) in [6.07, 6.45) is 6.99. The van der Waals surface area contributed by atoms with Crippen molar-refractivity contribution < 1.29 is 14.5 Å². The topological polar surface area (TPSA) is 98.5 Å². The standard InChI is InChI=1S/C21H15N4O4/c26-21-24(20(14-29-21)15-5-2-1-3-6-15)19(16-7-4-10-22-12-16)11-17-8-9-18(13-23-17)25(27)28/h1-10,12-13,20H,14H2/t20-/m0/s1. The second-order valence-corrected chi connectivity index (χ2v) is 6.25. The number of aromatic nitrogens is 2. The van der Waals surface area contributed by atoms with Gasteiger partial charge in [-0.15, -0.1) is 0 Å². The van der Waals surface area contributed by atoms with Gasteiger partial charge in [0.15, 0.2) is 0 Å². The predicted molar refractivity (Wildman–Crippen MR) is 103 cm³/mol. The van der Waals surface area contributed by atoms with Crippen LogP contribution in [0.5, 0.6) is 0 Å². The Hall–Kier alpha value is -4.07. The van der Waals surface area contributed by atoms with Crippen molar-refractivity contribution in [3.8, 4) is 0 Å². The van der Waals surface area contributed by atoms with Gasteiger partial charge >= 0.3 is 6.09 Å². The number of hydrogen-bond acceptors (Lipinski definition) is 6. The number of ether oxygens (including phenoxy) is 1. The van der Waals surface area contributed by atoms with Gasteiger partial charge in [-0.05, 0) is 23.8 Å². The van der Waals surface area contributed by atoms with Crippen LogP contribution in [-0.4, -0.2) is 32.5 Å². The van der Waals surface area contributed by atoms with E-state index in [1.165, 1.54) is 17.0 Å². The van der Waals surface area contributed by atoms with E-state index in [9.17, 15) is 14.9 Å². The average molecular weight is 387 g/mol. The second kappa shape index (κ2) is 7.89. The van der Waals surface area contributed by atoms with Crippen molar-refractivity contribution in [2.24, 2.45) is 0 Å². The van der Waals surface area contributed by atoms with Crippen molar-refractivity contribution in [3.63, 3.8) is 0 Å². The Morgan fingerprint density at radius 2 is 1.97 bits per heavy atom. The summed E-state index contributed by atoms with van der Waals surface area (Å²) < 4.78 is 5.32. The van der Waals surface area contributed by atoms with Crippen molar-refractivity contribution in [2.75, 3.05) is 6.61 Å². The molecule has 0 N–H and O–H groups in total. The van der Waals surface area contributed by atoms with Crippen molar-refractivity contribution in [2.45, 2.75) is 6.04 Å². The maximum atomic E-state index is 12.6. The molecule has 1 fully saturated rings. The third-order valence-electron chi connectivity index (χ3n) is 4.44. The van der Waals surface area contributed by atoms with Crippen LogP contribution in [0.4, 0.5) is 10.5 Å². The van der Waals surface area contributed by atoms with E-state index >= 15 is 0 Å². The fraction of sp³-hybridized carbons (Fsp3) is 0.0952. The third-order valence-corrected chi connectivity index (χ3v) is 4.44. The summed E-state index contributed by atoms with van der Waals surface area (Å²) in [6.45, 7) is 0.196. The van der Waals surface area contributed by atoms with E-state index in [1.807, 2.05) is 30.3 Å². The molecule has 0 bridgehead atoms. The average Bonchev–Trinajstić information content (AvgIpc) is 3.14. The van der Waals surface area contributed by atoms with E-state index in [-0.39, 0.29) is 18.3 Å². The molecule has 2 aromatic heterocycles. The van der Waals surface area contributed by atoms with Crippen LogP contribution in [0.1, 0.15) is 22.9 Å². The van der Waals surface area contributed by atoms with Gasteiger partial charge in [-0.25, -0.2) is 9.78 Å². The van der Waals surface area contributed by atoms with Crippen LogP contribution >= 0.6 is 0 Å². The number of carbonyl (C=O) groups excluding carboxylic acids is 1. The van der Waals surface area contributed by atoms with Crippen LogP contribution < -0.4 is 0 Å². The highest BCUT2D eigenvalue weighted by Gasteiger charge is 2.37. The molecule has 1 aliphatic heterocycles. The molecule has 0 saturated carbocycles. The maximum absolute atomic E-state index is 12.6.